The molecule has 5 nitrogen and oxygen atoms in total. The average Bonchev–Trinajstić information content (AvgIpc) is 2.55. The van der Waals surface area contributed by atoms with Crippen molar-refractivity contribution in [3.8, 4) is 0 Å². The number of pyridine rings is 1. The van der Waals surface area contributed by atoms with Crippen molar-refractivity contribution < 1.29 is 14.0 Å². The van der Waals surface area contributed by atoms with Crippen molar-refractivity contribution in [2.75, 3.05) is 10.6 Å². The van der Waals surface area contributed by atoms with Crippen LogP contribution in [0, 0.1) is 5.82 Å². The fourth-order valence-corrected chi connectivity index (χ4v) is 1.93. The summed E-state index contributed by atoms with van der Waals surface area (Å²) >= 11 is 0. The van der Waals surface area contributed by atoms with Crippen LogP contribution in [0.25, 0.3) is 0 Å². The first-order valence-corrected chi connectivity index (χ1v) is 7.42. The molecule has 0 aliphatic carbocycles. The summed E-state index contributed by atoms with van der Waals surface area (Å²) in [6.07, 6.45) is 3.63. The smallest absolute Gasteiger partial charge is 0.258 e. The minimum atomic E-state index is -0.585. The molecule has 0 atom stereocenters. The molecule has 0 bridgehead atoms. The van der Waals surface area contributed by atoms with E-state index in [1.807, 2.05) is 6.92 Å². The number of amides is 2. The molecule has 23 heavy (non-hydrogen) atoms. The Balaban J connectivity index is 1.96. The van der Waals surface area contributed by atoms with Crippen LogP contribution in [0.2, 0.25) is 0 Å². The molecule has 0 aliphatic heterocycles. The van der Waals surface area contributed by atoms with E-state index >= 15 is 0 Å². The third-order valence-electron chi connectivity index (χ3n) is 3.16. The van der Waals surface area contributed by atoms with Crippen LogP contribution in [-0.2, 0) is 4.79 Å². The Bertz CT molecular complexity index is 686. The Hall–Kier alpha value is -2.76. The van der Waals surface area contributed by atoms with E-state index in [1.54, 1.807) is 18.2 Å². The van der Waals surface area contributed by atoms with Gasteiger partial charge in [-0.1, -0.05) is 25.5 Å². The van der Waals surface area contributed by atoms with E-state index in [9.17, 15) is 14.0 Å². The van der Waals surface area contributed by atoms with Crippen LogP contribution in [0.15, 0.2) is 42.6 Å². The zero-order chi connectivity index (χ0) is 16.7. The van der Waals surface area contributed by atoms with Gasteiger partial charge in [0.25, 0.3) is 5.91 Å². The summed E-state index contributed by atoms with van der Waals surface area (Å²) in [4.78, 5) is 27.6. The maximum atomic E-state index is 13.5. The van der Waals surface area contributed by atoms with Gasteiger partial charge in [-0.05, 0) is 30.7 Å². The van der Waals surface area contributed by atoms with Crippen molar-refractivity contribution in [3.05, 3.63) is 54.0 Å². The van der Waals surface area contributed by atoms with Gasteiger partial charge in [-0.2, -0.15) is 0 Å². The number of hydrogen-bond donors (Lipinski definition) is 2. The molecule has 120 valence electrons. The fourth-order valence-electron chi connectivity index (χ4n) is 1.93. The van der Waals surface area contributed by atoms with Gasteiger partial charge < -0.3 is 10.6 Å². The Morgan fingerprint density at radius 2 is 1.91 bits per heavy atom. The van der Waals surface area contributed by atoms with E-state index < -0.39 is 11.7 Å². The zero-order valence-electron chi connectivity index (χ0n) is 12.8. The van der Waals surface area contributed by atoms with E-state index in [4.69, 9.17) is 0 Å². The van der Waals surface area contributed by atoms with Crippen LogP contribution in [0.3, 0.4) is 0 Å². The van der Waals surface area contributed by atoms with Crippen LogP contribution >= 0.6 is 0 Å². The molecular weight excluding hydrogens is 297 g/mol. The Morgan fingerprint density at radius 1 is 1.13 bits per heavy atom. The van der Waals surface area contributed by atoms with Gasteiger partial charge in [-0.25, -0.2) is 9.37 Å². The number of halogens is 1. The van der Waals surface area contributed by atoms with Crippen molar-refractivity contribution >= 4 is 23.3 Å². The molecule has 2 rings (SSSR count). The molecular formula is C17H18FN3O2. The van der Waals surface area contributed by atoms with Crippen molar-refractivity contribution in [2.24, 2.45) is 0 Å². The van der Waals surface area contributed by atoms with Gasteiger partial charge in [-0.15, -0.1) is 0 Å². The number of hydrogen-bond acceptors (Lipinski definition) is 3. The quantitative estimate of drug-likeness (QED) is 0.855. The Morgan fingerprint density at radius 3 is 2.57 bits per heavy atom. The van der Waals surface area contributed by atoms with E-state index in [1.165, 1.54) is 24.4 Å². The van der Waals surface area contributed by atoms with Crippen LogP contribution in [0.4, 0.5) is 15.9 Å². The maximum absolute atomic E-state index is 13.5. The highest BCUT2D eigenvalue weighted by Crippen LogP contribution is 2.13. The summed E-state index contributed by atoms with van der Waals surface area (Å²) in [6, 6.07) is 8.92. The topological polar surface area (TPSA) is 71.1 Å². The molecule has 2 amide bonds. The lowest BCUT2D eigenvalue weighted by atomic mass is 10.2. The summed E-state index contributed by atoms with van der Waals surface area (Å²) in [5.41, 5.74) is 0.384. The third kappa shape index (κ3) is 4.88. The number of carbonyl (C=O) groups excluding carboxylic acids is 2. The number of carbonyl (C=O) groups is 2. The summed E-state index contributed by atoms with van der Waals surface area (Å²) in [7, 11) is 0. The highest BCUT2D eigenvalue weighted by atomic mass is 19.1. The minimum absolute atomic E-state index is 0.0376. The number of benzene rings is 1. The van der Waals surface area contributed by atoms with E-state index in [-0.39, 0.29) is 11.5 Å². The number of rotatable bonds is 6. The number of anilines is 2. The van der Waals surface area contributed by atoms with Crippen molar-refractivity contribution in [2.45, 2.75) is 26.2 Å². The second-order valence-corrected chi connectivity index (χ2v) is 5.02. The van der Waals surface area contributed by atoms with Gasteiger partial charge in [0.1, 0.15) is 11.6 Å². The normalized spacial score (nSPS) is 10.2. The van der Waals surface area contributed by atoms with E-state index in [0.717, 1.165) is 12.8 Å². The Kier molecular flexibility index (Phi) is 5.80. The maximum Gasteiger partial charge on any atom is 0.258 e. The first-order valence-electron chi connectivity index (χ1n) is 7.42. The van der Waals surface area contributed by atoms with Gasteiger partial charge in [0.05, 0.1) is 17.4 Å². The van der Waals surface area contributed by atoms with Gasteiger partial charge in [-0.3, -0.25) is 9.59 Å². The standard InChI is InChI=1S/C17H18FN3O2/c1-2-3-8-16(22)21-15-10-9-12(11-19-15)20-17(23)13-6-4-5-7-14(13)18/h4-7,9-11H,2-3,8H2,1H3,(H,20,23)(H,19,21,22). The highest BCUT2D eigenvalue weighted by molar-refractivity contribution is 6.04. The zero-order valence-corrected chi connectivity index (χ0v) is 12.8. The van der Waals surface area contributed by atoms with Gasteiger partial charge in [0.15, 0.2) is 0 Å². The van der Waals surface area contributed by atoms with Crippen LogP contribution in [0.5, 0.6) is 0 Å². The van der Waals surface area contributed by atoms with Crippen LogP contribution in [-0.4, -0.2) is 16.8 Å². The van der Waals surface area contributed by atoms with Gasteiger partial charge >= 0.3 is 0 Å². The molecule has 0 unspecified atom stereocenters. The molecule has 0 radical (unpaired) electrons. The minimum Gasteiger partial charge on any atom is -0.320 e. The second kappa shape index (κ2) is 8.03. The number of unbranched alkanes of at least 4 members (excludes halogenated alkanes) is 1. The molecule has 1 aromatic heterocycles. The molecule has 1 heterocycles. The third-order valence-corrected chi connectivity index (χ3v) is 3.16. The predicted octanol–water partition coefficient (Wildman–Crippen LogP) is 3.60. The summed E-state index contributed by atoms with van der Waals surface area (Å²) in [5, 5.41) is 5.24. The number of aromatic nitrogens is 1. The molecule has 2 aromatic rings. The van der Waals surface area contributed by atoms with Crippen LogP contribution < -0.4 is 10.6 Å². The average molecular weight is 315 g/mol. The Labute approximate surface area is 133 Å². The molecule has 0 saturated heterocycles. The molecule has 6 heteroatoms. The summed E-state index contributed by atoms with van der Waals surface area (Å²) in [6.45, 7) is 2.01. The number of nitrogens with zero attached hydrogens (tertiary/aromatic N) is 1. The van der Waals surface area contributed by atoms with E-state index in [0.29, 0.717) is 17.9 Å². The molecule has 0 spiro atoms. The predicted molar refractivity (Wildman–Crippen MR) is 86.7 cm³/mol. The number of nitrogens with one attached hydrogen (secondary N) is 2. The first kappa shape index (κ1) is 16.6. The lowest BCUT2D eigenvalue weighted by molar-refractivity contribution is -0.116. The van der Waals surface area contributed by atoms with Crippen molar-refractivity contribution in [1.82, 2.24) is 4.98 Å². The van der Waals surface area contributed by atoms with Crippen LogP contribution in [0.1, 0.15) is 36.5 Å². The summed E-state index contributed by atoms with van der Waals surface area (Å²) in [5.74, 6) is -0.820. The first-order chi connectivity index (χ1) is 11.1. The lowest BCUT2D eigenvalue weighted by Crippen LogP contribution is -2.15. The molecule has 0 fully saturated rings. The molecule has 2 N–H and O–H groups in total. The fraction of sp³-hybridized carbons (Fsp3) is 0.235. The monoisotopic (exact) mass is 315 g/mol. The van der Waals surface area contributed by atoms with Crippen molar-refractivity contribution in [1.29, 1.82) is 0 Å². The molecule has 0 saturated carbocycles. The highest BCUT2D eigenvalue weighted by Gasteiger charge is 2.11. The van der Waals surface area contributed by atoms with Gasteiger partial charge in [0.2, 0.25) is 5.91 Å². The second-order valence-electron chi connectivity index (χ2n) is 5.02. The summed E-state index contributed by atoms with van der Waals surface area (Å²) < 4.78 is 13.5. The molecule has 0 aliphatic rings. The van der Waals surface area contributed by atoms with Gasteiger partial charge in [0, 0.05) is 6.42 Å². The van der Waals surface area contributed by atoms with Crippen molar-refractivity contribution in [3.63, 3.8) is 0 Å². The van der Waals surface area contributed by atoms with E-state index in [2.05, 4.69) is 15.6 Å². The SMILES string of the molecule is CCCCC(=O)Nc1ccc(NC(=O)c2ccccc2F)cn1. The largest absolute Gasteiger partial charge is 0.320 e. The lowest BCUT2D eigenvalue weighted by Gasteiger charge is -2.07. The molecule has 1 aromatic carbocycles.